The molecule has 0 fully saturated rings. The summed E-state index contributed by atoms with van der Waals surface area (Å²) in [6, 6.07) is 5.93. The Hall–Kier alpha value is -1.26. The van der Waals surface area contributed by atoms with Crippen LogP contribution in [0.4, 0.5) is 0 Å². The van der Waals surface area contributed by atoms with Gasteiger partial charge in [-0.1, -0.05) is 6.07 Å². The molecule has 0 saturated heterocycles. The summed E-state index contributed by atoms with van der Waals surface area (Å²) in [4.78, 5) is 0. The van der Waals surface area contributed by atoms with Gasteiger partial charge in [-0.2, -0.15) is 0 Å². The third kappa shape index (κ3) is 5.09. The van der Waals surface area contributed by atoms with Crippen LogP contribution in [0.3, 0.4) is 0 Å². The van der Waals surface area contributed by atoms with Crippen molar-refractivity contribution in [2.24, 2.45) is 5.73 Å². The van der Waals surface area contributed by atoms with Crippen LogP contribution in [0, 0.1) is 0 Å². The molecule has 0 radical (unpaired) electrons. The summed E-state index contributed by atoms with van der Waals surface area (Å²) in [6.45, 7) is 5.94. The molecule has 0 aliphatic heterocycles. The zero-order valence-corrected chi connectivity index (χ0v) is 12.5. The number of nitrogens with one attached hydrogen (secondary N) is 1. The third-order valence-corrected chi connectivity index (χ3v) is 3.26. The first-order valence-corrected chi connectivity index (χ1v) is 6.68. The van der Waals surface area contributed by atoms with Crippen molar-refractivity contribution in [2.45, 2.75) is 32.2 Å². The van der Waals surface area contributed by atoms with Crippen LogP contribution < -0.4 is 20.5 Å². The van der Waals surface area contributed by atoms with E-state index in [2.05, 4.69) is 25.2 Å². The monoisotopic (exact) mass is 266 g/mol. The maximum atomic E-state index is 5.60. The molecule has 0 unspecified atom stereocenters. The number of hydrogen-bond donors (Lipinski definition) is 2. The summed E-state index contributed by atoms with van der Waals surface area (Å²) in [6.07, 6.45) is 1.88. The SMILES string of the molecule is COc1ccc(CCNC(C)(C)CCN)c(OC)c1. The van der Waals surface area contributed by atoms with Crippen LogP contribution in [0.2, 0.25) is 0 Å². The summed E-state index contributed by atoms with van der Waals surface area (Å²) < 4.78 is 10.6. The van der Waals surface area contributed by atoms with Gasteiger partial charge < -0.3 is 20.5 Å². The number of rotatable bonds is 8. The first-order valence-electron chi connectivity index (χ1n) is 6.68. The van der Waals surface area contributed by atoms with Gasteiger partial charge in [0.15, 0.2) is 0 Å². The van der Waals surface area contributed by atoms with Crippen molar-refractivity contribution in [2.75, 3.05) is 27.3 Å². The number of ether oxygens (including phenoxy) is 2. The highest BCUT2D eigenvalue weighted by molar-refractivity contribution is 5.40. The summed E-state index contributed by atoms with van der Waals surface area (Å²) >= 11 is 0. The minimum absolute atomic E-state index is 0.0778. The summed E-state index contributed by atoms with van der Waals surface area (Å²) in [5, 5.41) is 3.52. The standard InChI is InChI=1S/C15H26N2O2/c1-15(2,8-9-16)17-10-7-12-5-6-13(18-3)11-14(12)19-4/h5-6,11,17H,7-10,16H2,1-4H3. The normalized spacial score (nSPS) is 11.4. The van der Waals surface area contributed by atoms with Crippen molar-refractivity contribution in [3.63, 3.8) is 0 Å². The molecule has 108 valence electrons. The molecule has 1 aromatic carbocycles. The zero-order valence-electron chi connectivity index (χ0n) is 12.5. The Balaban J connectivity index is 2.58. The maximum absolute atomic E-state index is 5.60. The lowest BCUT2D eigenvalue weighted by molar-refractivity contribution is 0.365. The van der Waals surface area contributed by atoms with Gasteiger partial charge in [-0.25, -0.2) is 0 Å². The molecule has 0 spiro atoms. The highest BCUT2D eigenvalue weighted by Gasteiger charge is 2.15. The van der Waals surface area contributed by atoms with Crippen LogP contribution in [-0.2, 0) is 6.42 Å². The van der Waals surface area contributed by atoms with Gasteiger partial charge in [0.1, 0.15) is 11.5 Å². The summed E-state index contributed by atoms with van der Waals surface area (Å²) in [5.74, 6) is 1.69. The Morgan fingerprint density at radius 1 is 1.21 bits per heavy atom. The van der Waals surface area contributed by atoms with Crippen LogP contribution in [0.5, 0.6) is 11.5 Å². The second-order valence-corrected chi connectivity index (χ2v) is 5.28. The topological polar surface area (TPSA) is 56.5 Å². The van der Waals surface area contributed by atoms with Crippen LogP contribution in [0.1, 0.15) is 25.8 Å². The van der Waals surface area contributed by atoms with Crippen molar-refractivity contribution in [1.82, 2.24) is 5.32 Å². The van der Waals surface area contributed by atoms with E-state index in [0.717, 1.165) is 30.9 Å². The molecular weight excluding hydrogens is 240 g/mol. The van der Waals surface area contributed by atoms with Gasteiger partial charge in [0.25, 0.3) is 0 Å². The van der Waals surface area contributed by atoms with Gasteiger partial charge in [-0.15, -0.1) is 0 Å². The largest absolute Gasteiger partial charge is 0.497 e. The molecule has 0 aliphatic carbocycles. The summed E-state index contributed by atoms with van der Waals surface area (Å²) in [5.41, 5.74) is 6.86. The van der Waals surface area contributed by atoms with Gasteiger partial charge in [-0.05, 0) is 51.4 Å². The minimum atomic E-state index is 0.0778. The third-order valence-electron chi connectivity index (χ3n) is 3.26. The van der Waals surface area contributed by atoms with E-state index < -0.39 is 0 Å². The Morgan fingerprint density at radius 3 is 2.53 bits per heavy atom. The fourth-order valence-corrected chi connectivity index (χ4v) is 2.04. The highest BCUT2D eigenvalue weighted by Crippen LogP contribution is 2.24. The predicted octanol–water partition coefficient (Wildman–Crippen LogP) is 1.96. The molecule has 0 aliphatic rings. The molecule has 4 heteroatoms. The Bertz CT molecular complexity index is 392. The fourth-order valence-electron chi connectivity index (χ4n) is 2.04. The Kier molecular flexibility index (Phi) is 6.12. The maximum Gasteiger partial charge on any atom is 0.125 e. The molecule has 0 atom stereocenters. The molecule has 19 heavy (non-hydrogen) atoms. The average molecular weight is 266 g/mol. The van der Waals surface area contributed by atoms with Crippen molar-refractivity contribution >= 4 is 0 Å². The first-order chi connectivity index (χ1) is 9.02. The van der Waals surface area contributed by atoms with Crippen molar-refractivity contribution in [3.05, 3.63) is 23.8 Å². The fraction of sp³-hybridized carbons (Fsp3) is 0.600. The molecule has 3 N–H and O–H groups in total. The molecular formula is C15H26N2O2. The van der Waals surface area contributed by atoms with E-state index in [1.807, 2.05) is 12.1 Å². The van der Waals surface area contributed by atoms with Crippen LogP contribution >= 0.6 is 0 Å². The van der Waals surface area contributed by atoms with E-state index in [1.165, 1.54) is 5.56 Å². The van der Waals surface area contributed by atoms with Gasteiger partial charge in [0, 0.05) is 11.6 Å². The van der Waals surface area contributed by atoms with Gasteiger partial charge in [0.2, 0.25) is 0 Å². The second-order valence-electron chi connectivity index (χ2n) is 5.28. The van der Waals surface area contributed by atoms with Crippen LogP contribution in [0.25, 0.3) is 0 Å². The molecule has 1 rings (SSSR count). The van der Waals surface area contributed by atoms with Gasteiger partial charge >= 0.3 is 0 Å². The average Bonchev–Trinajstić information content (AvgIpc) is 2.38. The lowest BCUT2D eigenvalue weighted by Gasteiger charge is -2.26. The van der Waals surface area contributed by atoms with Crippen molar-refractivity contribution < 1.29 is 9.47 Å². The van der Waals surface area contributed by atoms with Gasteiger partial charge in [0.05, 0.1) is 14.2 Å². The number of hydrogen-bond acceptors (Lipinski definition) is 4. The molecule has 1 aromatic rings. The van der Waals surface area contributed by atoms with E-state index in [4.69, 9.17) is 15.2 Å². The highest BCUT2D eigenvalue weighted by atomic mass is 16.5. The molecule has 0 aromatic heterocycles. The van der Waals surface area contributed by atoms with Crippen molar-refractivity contribution in [1.29, 1.82) is 0 Å². The predicted molar refractivity (Wildman–Crippen MR) is 79.0 cm³/mol. The molecule has 0 bridgehead atoms. The summed E-state index contributed by atoms with van der Waals surface area (Å²) in [7, 11) is 3.34. The number of methoxy groups -OCH3 is 2. The van der Waals surface area contributed by atoms with E-state index >= 15 is 0 Å². The van der Waals surface area contributed by atoms with E-state index in [9.17, 15) is 0 Å². The molecule has 4 nitrogen and oxygen atoms in total. The van der Waals surface area contributed by atoms with Gasteiger partial charge in [-0.3, -0.25) is 0 Å². The number of nitrogens with two attached hydrogens (primary N) is 1. The lowest BCUT2D eigenvalue weighted by Crippen LogP contribution is -2.42. The molecule has 0 amide bonds. The Morgan fingerprint density at radius 2 is 1.95 bits per heavy atom. The van der Waals surface area contributed by atoms with E-state index in [0.29, 0.717) is 6.54 Å². The molecule has 0 saturated carbocycles. The molecule has 0 heterocycles. The smallest absolute Gasteiger partial charge is 0.125 e. The minimum Gasteiger partial charge on any atom is -0.497 e. The zero-order chi connectivity index (χ0) is 14.3. The quantitative estimate of drug-likeness (QED) is 0.755. The number of benzene rings is 1. The van der Waals surface area contributed by atoms with E-state index in [-0.39, 0.29) is 5.54 Å². The second kappa shape index (κ2) is 7.36. The van der Waals surface area contributed by atoms with Crippen LogP contribution in [0.15, 0.2) is 18.2 Å². The van der Waals surface area contributed by atoms with E-state index in [1.54, 1.807) is 14.2 Å². The van der Waals surface area contributed by atoms with Crippen LogP contribution in [-0.4, -0.2) is 32.8 Å². The lowest BCUT2D eigenvalue weighted by atomic mass is 10.0. The van der Waals surface area contributed by atoms with Crippen molar-refractivity contribution in [3.8, 4) is 11.5 Å². The first kappa shape index (κ1) is 15.8. The Labute approximate surface area is 116 Å².